The fourth-order valence-electron chi connectivity index (χ4n) is 4.11. The summed E-state index contributed by atoms with van der Waals surface area (Å²) in [6.45, 7) is 0.739. The Morgan fingerprint density at radius 3 is 2.62 bits per heavy atom. The van der Waals surface area contributed by atoms with E-state index in [0.29, 0.717) is 39.3 Å². The highest BCUT2D eigenvalue weighted by atomic mass is 35.5. The molecule has 0 N–H and O–H groups in total. The van der Waals surface area contributed by atoms with Gasteiger partial charge in [-0.15, -0.1) is 0 Å². The van der Waals surface area contributed by atoms with Crippen molar-refractivity contribution in [3.63, 3.8) is 0 Å². The van der Waals surface area contributed by atoms with Crippen LogP contribution in [0.5, 0.6) is 11.5 Å². The average molecular weight is 458 g/mol. The number of hydrogen-bond donors (Lipinski definition) is 0. The monoisotopic (exact) mass is 457 g/mol. The van der Waals surface area contributed by atoms with Crippen LogP contribution < -0.4 is 14.4 Å². The second-order valence-electron chi connectivity index (χ2n) is 7.73. The lowest BCUT2D eigenvalue weighted by molar-refractivity contribution is 0.0987. The summed E-state index contributed by atoms with van der Waals surface area (Å²) >= 11 is 6.32. The summed E-state index contributed by atoms with van der Waals surface area (Å²) < 4.78 is 26.7. The van der Waals surface area contributed by atoms with E-state index >= 15 is 0 Å². The molecule has 8 heteroatoms. The molecule has 0 radical (unpaired) electrons. The van der Waals surface area contributed by atoms with Gasteiger partial charge >= 0.3 is 0 Å². The molecule has 2 heterocycles. The summed E-state index contributed by atoms with van der Waals surface area (Å²) in [7, 11) is 4.70. The third-order valence-electron chi connectivity index (χ3n) is 5.77. The van der Waals surface area contributed by atoms with Crippen molar-refractivity contribution < 1.29 is 18.7 Å². The van der Waals surface area contributed by atoms with E-state index in [1.807, 2.05) is 6.07 Å². The highest BCUT2D eigenvalue weighted by Gasteiger charge is 2.28. The zero-order chi connectivity index (χ0) is 22.8. The number of benzene rings is 2. The highest BCUT2D eigenvalue weighted by Crippen LogP contribution is 2.38. The molecule has 0 fully saturated rings. The maximum absolute atomic E-state index is 13.9. The van der Waals surface area contributed by atoms with E-state index in [9.17, 15) is 9.18 Å². The van der Waals surface area contributed by atoms with Crippen LogP contribution >= 0.6 is 11.6 Å². The summed E-state index contributed by atoms with van der Waals surface area (Å²) in [6.07, 6.45) is 3.75. The molecule has 1 aliphatic rings. The smallest absolute Gasteiger partial charge is 0.278 e. The molecule has 0 bridgehead atoms. The van der Waals surface area contributed by atoms with Gasteiger partial charge in [-0.05, 0) is 37.5 Å². The minimum absolute atomic E-state index is 0.280. The van der Waals surface area contributed by atoms with E-state index in [-0.39, 0.29) is 11.7 Å². The predicted octanol–water partition coefficient (Wildman–Crippen LogP) is 5.36. The fourth-order valence-corrected chi connectivity index (χ4v) is 4.35. The van der Waals surface area contributed by atoms with Crippen molar-refractivity contribution in [1.29, 1.82) is 0 Å². The molecule has 168 valence electrons. The third kappa shape index (κ3) is 4.05. The van der Waals surface area contributed by atoms with Crippen molar-refractivity contribution in [2.45, 2.75) is 32.2 Å². The molecule has 0 saturated heterocycles. The van der Waals surface area contributed by atoms with Crippen molar-refractivity contribution in [3.05, 3.63) is 58.6 Å². The molecule has 1 aliphatic heterocycles. The maximum atomic E-state index is 13.9. The number of carbonyl (C=O) groups is 1. The van der Waals surface area contributed by atoms with Gasteiger partial charge in [0.15, 0.2) is 5.69 Å². The first-order chi connectivity index (χ1) is 15.4. The Kier molecular flexibility index (Phi) is 6.37. The minimum Gasteiger partial charge on any atom is -0.495 e. The number of ether oxygens (including phenoxy) is 2. The van der Waals surface area contributed by atoms with Crippen LogP contribution in [0.25, 0.3) is 11.4 Å². The van der Waals surface area contributed by atoms with E-state index < -0.39 is 0 Å². The molecule has 2 aromatic carbocycles. The second-order valence-corrected chi connectivity index (χ2v) is 8.13. The molecule has 32 heavy (non-hydrogen) atoms. The van der Waals surface area contributed by atoms with Crippen molar-refractivity contribution in [1.82, 2.24) is 9.55 Å². The fraction of sp³-hybridized carbons (Fsp3) is 0.333. The van der Waals surface area contributed by atoms with Gasteiger partial charge in [-0.25, -0.2) is 9.37 Å². The maximum Gasteiger partial charge on any atom is 0.278 e. The number of aromatic nitrogens is 2. The van der Waals surface area contributed by atoms with Crippen molar-refractivity contribution in [3.8, 4) is 22.9 Å². The van der Waals surface area contributed by atoms with Gasteiger partial charge in [0.05, 0.1) is 30.6 Å². The van der Waals surface area contributed by atoms with Crippen LogP contribution in [0.15, 0.2) is 36.4 Å². The lowest BCUT2D eigenvalue weighted by Gasteiger charge is -2.21. The molecule has 1 amide bonds. The van der Waals surface area contributed by atoms with Crippen LogP contribution in [0.4, 0.5) is 10.1 Å². The number of methoxy groups -OCH3 is 2. The summed E-state index contributed by atoms with van der Waals surface area (Å²) in [5.41, 5.74) is 2.39. The number of carbonyl (C=O) groups excluding carboxylic acids is 1. The zero-order valence-electron chi connectivity index (χ0n) is 18.3. The van der Waals surface area contributed by atoms with E-state index in [1.165, 1.54) is 31.3 Å². The predicted molar refractivity (Wildman–Crippen MR) is 122 cm³/mol. The van der Waals surface area contributed by atoms with Gasteiger partial charge in [0, 0.05) is 25.2 Å². The number of rotatable bonds is 5. The average Bonchev–Trinajstić information content (AvgIpc) is 2.98. The van der Waals surface area contributed by atoms with Crippen LogP contribution in [0.3, 0.4) is 0 Å². The van der Waals surface area contributed by atoms with Crippen LogP contribution in [-0.2, 0) is 13.0 Å². The normalized spacial score (nSPS) is 13.3. The molecular weight excluding hydrogens is 433 g/mol. The SMILES string of the molecule is COc1cc(OC)c(N(C)C(=O)c2nc(-c3cccc(F)c3)n3c2CCCCC3)cc1Cl. The number of hydrogen-bond acceptors (Lipinski definition) is 4. The molecule has 3 aromatic rings. The van der Waals surface area contributed by atoms with Crippen molar-refractivity contribution >= 4 is 23.2 Å². The molecule has 0 unspecified atom stereocenters. The van der Waals surface area contributed by atoms with Gasteiger partial charge in [-0.3, -0.25) is 4.79 Å². The first-order valence-corrected chi connectivity index (χ1v) is 10.9. The molecule has 1 aromatic heterocycles. The minimum atomic E-state index is -0.337. The number of anilines is 1. The van der Waals surface area contributed by atoms with Crippen molar-refractivity contribution in [2.75, 3.05) is 26.2 Å². The Labute approximate surface area is 191 Å². The summed E-state index contributed by atoms with van der Waals surface area (Å²) in [5.74, 6) is 0.905. The molecule has 0 saturated carbocycles. The van der Waals surface area contributed by atoms with E-state index in [0.717, 1.165) is 37.9 Å². The Balaban J connectivity index is 1.80. The molecule has 6 nitrogen and oxygen atoms in total. The summed E-state index contributed by atoms with van der Waals surface area (Å²) in [4.78, 5) is 19.8. The first-order valence-electron chi connectivity index (χ1n) is 10.5. The number of imidazole rings is 1. The van der Waals surface area contributed by atoms with Gasteiger partial charge in [0.1, 0.15) is 23.1 Å². The van der Waals surface area contributed by atoms with Crippen LogP contribution in [0, 0.1) is 5.82 Å². The Morgan fingerprint density at radius 1 is 1.12 bits per heavy atom. The van der Waals surface area contributed by atoms with Gasteiger partial charge in [0.2, 0.25) is 0 Å². The Hall–Kier alpha value is -3.06. The largest absolute Gasteiger partial charge is 0.495 e. The quantitative estimate of drug-likeness (QED) is 0.517. The first kappa shape index (κ1) is 22.1. The lowest BCUT2D eigenvalue weighted by atomic mass is 10.1. The third-order valence-corrected chi connectivity index (χ3v) is 6.07. The number of halogens is 2. The van der Waals surface area contributed by atoms with E-state index in [2.05, 4.69) is 4.57 Å². The van der Waals surface area contributed by atoms with Gasteiger partial charge in [-0.1, -0.05) is 30.2 Å². The highest BCUT2D eigenvalue weighted by molar-refractivity contribution is 6.32. The standard InChI is InChI=1S/C24H25ClFN3O3/c1-28(19-13-17(25)20(31-2)14-21(19)32-3)24(30)22-18-10-5-4-6-11-29(18)23(27-22)15-8-7-9-16(26)12-15/h7-9,12-14H,4-6,10-11H2,1-3H3. The molecule has 0 atom stereocenters. The lowest BCUT2D eigenvalue weighted by Crippen LogP contribution is -2.28. The van der Waals surface area contributed by atoms with E-state index in [1.54, 1.807) is 25.2 Å². The van der Waals surface area contributed by atoms with E-state index in [4.69, 9.17) is 26.1 Å². The van der Waals surface area contributed by atoms with Crippen molar-refractivity contribution in [2.24, 2.45) is 0 Å². The molecular formula is C24H25ClFN3O3. The Morgan fingerprint density at radius 2 is 1.91 bits per heavy atom. The number of nitrogens with zero attached hydrogens (tertiary/aromatic N) is 3. The van der Waals surface area contributed by atoms with Crippen LogP contribution in [0.1, 0.15) is 35.4 Å². The summed E-state index contributed by atoms with van der Waals surface area (Å²) in [5, 5.41) is 0.368. The zero-order valence-corrected chi connectivity index (χ0v) is 19.1. The topological polar surface area (TPSA) is 56.6 Å². The summed E-state index contributed by atoms with van der Waals surface area (Å²) in [6, 6.07) is 9.60. The number of amides is 1. The molecule has 0 spiro atoms. The second kappa shape index (κ2) is 9.20. The Bertz CT molecular complexity index is 1160. The van der Waals surface area contributed by atoms with Gasteiger partial charge < -0.3 is 18.9 Å². The number of fused-ring (bicyclic) bond motifs is 1. The van der Waals surface area contributed by atoms with Gasteiger partial charge in [-0.2, -0.15) is 0 Å². The van der Waals surface area contributed by atoms with Crippen LogP contribution in [-0.4, -0.2) is 36.7 Å². The molecule has 4 rings (SSSR count). The molecule has 0 aliphatic carbocycles. The van der Waals surface area contributed by atoms with Gasteiger partial charge in [0.25, 0.3) is 5.91 Å². The van der Waals surface area contributed by atoms with Crippen LogP contribution in [0.2, 0.25) is 5.02 Å².